The van der Waals surface area contributed by atoms with Gasteiger partial charge in [-0.25, -0.2) is 4.39 Å². The van der Waals surface area contributed by atoms with Crippen molar-refractivity contribution in [2.24, 2.45) is 0 Å². The minimum absolute atomic E-state index is 0.0213. The number of ketones is 1. The summed E-state index contributed by atoms with van der Waals surface area (Å²) < 4.78 is 19.2. The van der Waals surface area contributed by atoms with Gasteiger partial charge in [-0.2, -0.15) is 0 Å². The first-order valence-corrected chi connectivity index (χ1v) is 10.2. The van der Waals surface area contributed by atoms with Crippen LogP contribution in [-0.2, 0) is 9.59 Å². The number of anilines is 1. The average Bonchev–Trinajstić information content (AvgIpc) is 3.01. The number of Topliss-reactive ketones (excluding diaryl/α,β-unsaturated/α-hetero) is 1. The first-order valence-electron chi connectivity index (χ1n) is 10.2. The van der Waals surface area contributed by atoms with Crippen molar-refractivity contribution in [1.29, 1.82) is 0 Å². The minimum atomic E-state index is -0.811. The van der Waals surface area contributed by atoms with E-state index in [9.17, 15) is 19.1 Å². The largest absolute Gasteiger partial charge is 0.507 e. The first kappa shape index (κ1) is 23.3. The summed E-state index contributed by atoms with van der Waals surface area (Å²) in [5.41, 5.74) is 1.56. The van der Waals surface area contributed by atoms with Crippen molar-refractivity contribution in [2.45, 2.75) is 6.04 Å². The quantitative estimate of drug-likeness (QED) is 0.405. The van der Waals surface area contributed by atoms with Gasteiger partial charge in [0.05, 0.1) is 24.3 Å². The third kappa shape index (κ3) is 4.45. The molecule has 8 heteroatoms. The number of rotatable bonds is 7. The van der Waals surface area contributed by atoms with Crippen molar-refractivity contribution in [3.8, 4) is 5.75 Å². The number of ether oxygens (including phenoxy) is 1. The fourth-order valence-corrected chi connectivity index (χ4v) is 3.73. The molecule has 0 aliphatic carbocycles. The molecule has 1 aliphatic heterocycles. The van der Waals surface area contributed by atoms with Crippen LogP contribution in [0.2, 0.25) is 0 Å². The Bertz CT molecular complexity index is 1050. The van der Waals surface area contributed by atoms with Gasteiger partial charge in [-0.1, -0.05) is 12.1 Å². The highest BCUT2D eigenvalue weighted by Gasteiger charge is 2.46. The number of hydrogen-bond donors (Lipinski definition) is 1. The second kappa shape index (κ2) is 9.40. The first-order chi connectivity index (χ1) is 15.1. The van der Waals surface area contributed by atoms with Crippen LogP contribution in [0, 0.1) is 5.82 Å². The Morgan fingerprint density at radius 1 is 1.09 bits per heavy atom. The number of aliphatic hydroxyl groups excluding tert-OH is 1. The Morgan fingerprint density at radius 2 is 1.75 bits per heavy atom. The van der Waals surface area contributed by atoms with Crippen LogP contribution in [0.1, 0.15) is 17.2 Å². The molecular formula is C24H28FN3O4. The van der Waals surface area contributed by atoms with Crippen molar-refractivity contribution >= 4 is 23.1 Å². The van der Waals surface area contributed by atoms with Crippen LogP contribution in [0.25, 0.3) is 5.76 Å². The topological polar surface area (TPSA) is 73.3 Å². The Balaban J connectivity index is 2.19. The molecule has 0 bridgehead atoms. The summed E-state index contributed by atoms with van der Waals surface area (Å²) in [6, 6.07) is 10.3. The molecule has 0 radical (unpaired) electrons. The lowest BCUT2D eigenvalue weighted by atomic mass is 9.94. The lowest BCUT2D eigenvalue weighted by Gasteiger charge is -2.27. The molecule has 1 N–H and O–H groups in total. The molecule has 170 valence electrons. The molecule has 3 rings (SSSR count). The monoisotopic (exact) mass is 441 g/mol. The second-order valence-electron chi connectivity index (χ2n) is 8.13. The lowest BCUT2D eigenvalue weighted by molar-refractivity contribution is -0.140. The van der Waals surface area contributed by atoms with Gasteiger partial charge in [0, 0.05) is 32.9 Å². The maximum Gasteiger partial charge on any atom is 0.295 e. The number of aliphatic hydroxyl groups is 1. The molecule has 0 saturated carbocycles. The summed E-state index contributed by atoms with van der Waals surface area (Å²) in [5, 5.41) is 11.1. The smallest absolute Gasteiger partial charge is 0.295 e. The summed E-state index contributed by atoms with van der Waals surface area (Å²) in [6.45, 7) is 0.817. The van der Waals surface area contributed by atoms with E-state index in [1.54, 1.807) is 0 Å². The molecule has 7 nitrogen and oxygen atoms in total. The van der Waals surface area contributed by atoms with Crippen molar-refractivity contribution in [3.63, 3.8) is 0 Å². The van der Waals surface area contributed by atoms with Crippen molar-refractivity contribution in [1.82, 2.24) is 9.80 Å². The standard InChI is InChI=1S/C24H28FN3O4/c1-26(2)12-13-28-21(15-6-9-17(10-7-15)27(3)4)20(23(30)24(28)31)22(29)18-14-16(25)8-11-19(18)32-5/h6-11,14,21,29H,12-13H2,1-5H3/b22-20+. The molecule has 1 amide bonds. The van der Waals surface area contributed by atoms with Crippen LogP contribution in [0.4, 0.5) is 10.1 Å². The number of amides is 1. The highest BCUT2D eigenvalue weighted by atomic mass is 19.1. The number of likely N-dealkylation sites (tertiary alicyclic amines) is 1. The van der Waals surface area contributed by atoms with E-state index in [1.807, 2.05) is 62.3 Å². The SMILES string of the molecule is COc1ccc(F)cc1/C(O)=C1\C(=O)C(=O)N(CCN(C)C)C1c1ccc(N(C)C)cc1. The van der Waals surface area contributed by atoms with Gasteiger partial charge in [-0.15, -0.1) is 0 Å². The Morgan fingerprint density at radius 3 is 2.31 bits per heavy atom. The van der Waals surface area contributed by atoms with E-state index in [1.165, 1.54) is 24.1 Å². The number of nitrogens with zero attached hydrogens (tertiary/aromatic N) is 3. The zero-order chi connectivity index (χ0) is 23.6. The van der Waals surface area contributed by atoms with Crippen LogP contribution in [0.15, 0.2) is 48.0 Å². The summed E-state index contributed by atoms with van der Waals surface area (Å²) in [6.07, 6.45) is 0. The van der Waals surface area contributed by atoms with Gasteiger partial charge in [0.2, 0.25) is 0 Å². The predicted octanol–water partition coefficient (Wildman–Crippen LogP) is 2.88. The number of likely N-dealkylation sites (N-methyl/N-ethyl adjacent to an activating group) is 1. The van der Waals surface area contributed by atoms with E-state index < -0.39 is 29.3 Å². The van der Waals surface area contributed by atoms with Crippen LogP contribution < -0.4 is 9.64 Å². The molecule has 0 aromatic heterocycles. The normalized spacial score (nSPS) is 17.8. The van der Waals surface area contributed by atoms with Gasteiger partial charge in [-0.3, -0.25) is 9.59 Å². The van der Waals surface area contributed by atoms with Gasteiger partial charge in [0.1, 0.15) is 17.3 Å². The molecule has 1 fully saturated rings. The van der Waals surface area contributed by atoms with Gasteiger partial charge in [-0.05, 0) is 50.0 Å². The fraction of sp³-hybridized carbons (Fsp3) is 0.333. The van der Waals surface area contributed by atoms with Crippen LogP contribution in [0.5, 0.6) is 5.75 Å². The summed E-state index contributed by atoms with van der Waals surface area (Å²) in [4.78, 5) is 31.3. The molecule has 1 aliphatic rings. The summed E-state index contributed by atoms with van der Waals surface area (Å²) in [7, 11) is 8.95. The molecule has 1 atom stereocenters. The van der Waals surface area contributed by atoms with Crippen LogP contribution in [-0.4, -0.2) is 75.0 Å². The van der Waals surface area contributed by atoms with E-state index in [0.29, 0.717) is 12.1 Å². The molecule has 2 aromatic carbocycles. The van der Waals surface area contributed by atoms with Crippen LogP contribution in [0.3, 0.4) is 0 Å². The number of halogens is 1. The highest BCUT2D eigenvalue weighted by molar-refractivity contribution is 6.46. The number of hydrogen-bond acceptors (Lipinski definition) is 6. The Hall–Kier alpha value is -3.39. The minimum Gasteiger partial charge on any atom is -0.507 e. The third-order valence-corrected chi connectivity index (χ3v) is 5.47. The molecule has 1 heterocycles. The number of methoxy groups -OCH3 is 1. The zero-order valence-electron chi connectivity index (χ0n) is 18.9. The highest BCUT2D eigenvalue weighted by Crippen LogP contribution is 2.41. The number of carbonyl (C=O) groups excluding carboxylic acids is 2. The summed E-state index contributed by atoms with van der Waals surface area (Å²) >= 11 is 0. The van der Waals surface area contributed by atoms with E-state index >= 15 is 0 Å². The molecule has 1 unspecified atom stereocenters. The maximum atomic E-state index is 14.0. The van der Waals surface area contributed by atoms with E-state index in [4.69, 9.17) is 4.74 Å². The van der Waals surface area contributed by atoms with Gasteiger partial charge < -0.3 is 24.5 Å². The lowest BCUT2D eigenvalue weighted by Crippen LogP contribution is -2.35. The average molecular weight is 442 g/mol. The maximum absolute atomic E-state index is 14.0. The van der Waals surface area contributed by atoms with Crippen molar-refractivity contribution < 1.29 is 23.8 Å². The number of carbonyl (C=O) groups is 2. The fourth-order valence-electron chi connectivity index (χ4n) is 3.73. The van der Waals surface area contributed by atoms with E-state index in [-0.39, 0.29) is 23.4 Å². The Labute approximate surface area is 187 Å². The van der Waals surface area contributed by atoms with Gasteiger partial charge in [0.15, 0.2) is 0 Å². The second-order valence-corrected chi connectivity index (χ2v) is 8.13. The predicted molar refractivity (Wildman–Crippen MR) is 121 cm³/mol. The van der Waals surface area contributed by atoms with Crippen molar-refractivity contribution in [3.05, 3.63) is 65.0 Å². The zero-order valence-corrected chi connectivity index (χ0v) is 18.9. The van der Waals surface area contributed by atoms with Crippen LogP contribution >= 0.6 is 0 Å². The van der Waals surface area contributed by atoms with Gasteiger partial charge in [0.25, 0.3) is 11.7 Å². The molecule has 32 heavy (non-hydrogen) atoms. The molecule has 1 saturated heterocycles. The Kier molecular flexibility index (Phi) is 6.84. The summed E-state index contributed by atoms with van der Waals surface area (Å²) in [5.74, 6) is -2.38. The van der Waals surface area contributed by atoms with E-state index in [0.717, 1.165) is 11.8 Å². The van der Waals surface area contributed by atoms with E-state index in [2.05, 4.69) is 0 Å². The molecule has 2 aromatic rings. The van der Waals surface area contributed by atoms with Gasteiger partial charge >= 0.3 is 0 Å². The third-order valence-electron chi connectivity index (χ3n) is 5.47. The number of benzene rings is 2. The molecular weight excluding hydrogens is 413 g/mol. The molecule has 0 spiro atoms. The van der Waals surface area contributed by atoms with Crippen molar-refractivity contribution in [2.75, 3.05) is 53.3 Å².